The molecule has 0 aliphatic carbocycles. The van der Waals surface area contributed by atoms with Gasteiger partial charge in [0.25, 0.3) is 0 Å². The van der Waals surface area contributed by atoms with Gasteiger partial charge in [-0.3, -0.25) is 0 Å². The Balaban J connectivity index is 1.71. The largest absolute Gasteiger partial charge is 0.505 e. The second-order valence-corrected chi connectivity index (χ2v) is 7.01. The van der Waals surface area contributed by atoms with E-state index in [-0.39, 0.29) is 11.9 Å². The summed E-state index contributed by atoms with van der Waals surface area (Å²) in [6, 6.07) is 13.0. The fourth-order valence-electron chi connectivity index (χ4n) is 3.29. The van der Waals surface area contributed by atoms with Gasteiger partial charge in [-0.15, -0.1) is 15.0 Å². The van der Waals surface area contributed by atoms with Crippen LogP contribution in [0.25, 0.3) is 16.7 Å². The lowest BCUT2D eigenvalue weighted by Gasteiger charge is -2.19. The number of hydrogen-bond acceptors (Lipinski definition) is 4. The van der Waals surface area contributed by atoms with E-state index in [1.165, 1.54) is 30.5 Å². The van der Waals surface area contributed by atoms with E-state index in [4.69, 9.17) is 4.74 Å². The predicted octanol–water partition coefficient (Wildman–Crippen LogP) is 5.64. The molecule has 3 rings (SSSR count). The number of aromatic nitrogens is 3. The Morgan fingerprint density at radius 3 is 2.30 bits per heavy atom. The Hall–Kier alpha value is -2.56. The van der Waals surface area contributed by atoms with E-state index < -0.39 is 0 Å². The van der Waals surface area contributed by atoms with Crippen molar-refractivity contribution in [1.29, 1.82) is 0 Å². The zero-order valence-electron chi connectivity index (χ0n) is 16.3. The van der Waals surface area contributed by atoms with E-state index in [0.29, 0.717) is 11.4 Å². The fourth-order valence-corrected chi connectivity index (χ4v) is 3.29. The Bertz CT molecular complexity index is 827. The van der Waals surface area contributed by atoms with Gasteiger partial charge in [0.2, 0.25) is 0 Å². The summed E-state index contributed by atoms with van der Waals surface area (Å²) in [5.74, 6) is 0.816. The summed E-state index contributed by atoms with van der Waals surface area (Å²) < 4.78 is 6.16. The summed E-state index contributed by atoms with van der Waals surface area (Å²) in [4.78, 5) is 1.47. The van der Waals surface area contributed by atoms with Crippen LogP contribution in [0.2, 0.25) is 0 Å². The van der Waals surface area contributed by atoms with Crippen LogP contribution < -0.4 is 4.74 Å². The molecule has 0 aliphatic rings. The highest BCUT2D eigenvalue weighted by Gasteiger charge is 2.13. The number of fused-ring (bicyclic) bond motifs is 1. The molecule has 1 N–H and O–H groups in total. The minimum absolute atomic E-state index is 0.119. The summed E-state index contributed by atoms with van der Waals surface area (Å²) in [5.41, 5.74) is 2.15. The molecule has 0 fully saturated rings. The molecule has 1 aromatic heterocycles. The zero-order chi connectivity index (χ0) is 19.1. The second kappa shape index (κ2) is 9.40. The smallest absolute Gasteiger partial charge is 0.146 e. The van der Waals surface area contributed by atoms with E-state index in [2.05, 4.69) is 24.0 Å². The maximum atomic E-state index is 10.5. The number of phenols is 1. The first kappa shape index (κ1) is 19.2. The minimum Gasteiger partial charge on any atom is -0.505 e. The first-order chi connectivity index (χ1) is 13.2. The molecule has 0 aliphatic heterocycles. The number of nitrogens with zero attached hydrogens (tertiary/aromatic N) is 3. The van der Waals surface area contributed by atoms with Crippen LogP contribution in [0.3, 0.4) is 0 Å². The number of hydrogen-bond donors (Lipinski definition) is 1. The third kappa shape index (κ3) is 5.00. The molecule has 144 valence electrons. The van der Waals surface area contributed by atoms with Gasteiger partial charge in [-0.1, -0.05) is 51.7 Å². The van der Waals surface area contributed by atoms with Gasteiger partial charge in [0.05, 0.1) is 6.10 Å². The number of unbranched alkanes of at least 4 members (excludes halogenated alkanes) is 3. The minimum atomic E-state index is 0.119. The molecule has 5 heteroatoms. The van der Waals surface area contributed by atoms with E-state index in [1.54, 1.807) is 6.07 Å². The normalized spacial score (nSPS) is 12.4. The predicted molar refractivity (Wildman–Crippen MR) is 109 cm³/mol. The van der Waals surface area contributed by atoms with Crippen molar-refractivity contribution >= 4 is 11.0 Å². The van der Waals surface area contributed by atoms with Crippen molar-refractivity contribution in [2.75, 3.05) is 0 Å². The van der Waals surface area contributed by atoms with Gasteiger partial charge < -0.3 is 9.84 Å². The summed E-state index contributed by atoms with van der Waals surface area (Å²) >= 11 is 0. The molecule has 3 aromatic rings. The summed E-state index contributed by atoms with van der Waals surface area (Å²) in [5, 5.41) is 19.3. The van der Waals surface area contributed by atoms with Gasteiger partial charge in [0.15, 0.2) is 0 Å². The Kier molecular flexibility index (Phi) is 6.69. The average Bonchev–Trinajstić information content (AvgIpc) is 3.09. The van der Waals surface area contributed by atoms with E-state index in [9.17, 15) is 5.11 Å². The Labute approximate surface area is 161 Å². The first-order valence-corrected chi connectivity index (χ1v) is 10.0. The number of ether oxygens (including phenoxy) is 1. The summed E-state index contributed by atoms with van der Waals surface area (Å²) in [7, 11) is 0. The molecule has 0 spiro atoms. The monoisotopic (exact) mass is 367 g/mol. The number of rotatable bonds is 10. The number of aromatic hydroxyl groups is 1. The van der Waals surface area contributed by atoms with E-state index in [0.717, 1.165) is 30.3 Å². The molecule has 1 unspecified atom stereocenters. The molecule has 5 nitrogen and oxygen atoms in total. The van der Waals surface area contributed by atoms with Crippen molar-refractivity contribution < 1.29 is 9.84 Å². The molecule has 27 heavy (non-hydrogen) atoms. The maximum Gasteiger partial charge on any atom is 0.146 e. The summed E-state index contributed by atoms with van der Waals surface area (Å²) in [6.07, 6.45) is 8.33. The van der Waals surface area contributed by atoms with Crippen LogP contribution in [0, 0.1) is 0 Å². The molecule has 2 aromatic carbocycles. The molecule has 1 heterocycles. The highest BCUT2D eigenvalue weighted by Crippen LogP contribution is 2.28. The van der Waals surface area contributed by atoms with Gasteiger partial charge in [-0.05, 0) is 43.5 Å². The van der Waals surface area contributed by atoms with Crippen molar-refractivity contribution in [2.45, 2.75) is 64.9 Å². The Morgan fingerprint density at radius 1 is 0.926 bits per heavy atom. The number of phenolic OH excluding ortho intramolecular Hbond substituents is 1. The third-order valence-corrected chi connectivity index (χ3v) is 4.74. The third-order valence-electron chi connectivity index (χ3n) is 4.74. The SMILES string of the molecule is CCCCCCC(CCC)Oc1ccc(-n2nc3ccccc3n2)c(O)c1. The quantitative estimate of drug-likeness (QED) is 0.471. The highest BCUT2D eigenvalue weighted by atomic mass is 16.5. The highest BCUT2D eigenvalue weighted by molar-refractivity contribution is 5.73. The molecular formula is C22H29N3O2. The van der Waals surface area contributed by atoms with Crippen LogP contribution >= 0.6 is 0 Å². The molecule has 0 amide bonds. The van der Waals surface area contributed by atoms with Crippen molar-refractivity contribution in [2.24, 2.45) is 0 Å². The van der Waals surface area contributed by atoms with E-state index in [1.807, 2.05) is 36.4 Å². The van der Waals surface area contributed by atoms with Crippen LogP contribution in [0.5, 0.6) is 11.5 Å². The van der Waals surface area contributed by atoms with E-state index >= 15 is 0 Å². The molecule has 0 saturated carbocycles. The van der Waals surface area contributed by atoms with Crippen molar-refractivity contribution in [1.82, 2.24) is 15.0 Å². The second-order valence-electron chi connectivity index (χ2n) is 7.01. The first-order valence-electron chi connectivity index (χ1n) is 10.0. The van der Waals surface area contributed by atoms with Crippen molar-refractivity contribution in [3.8, 4) is 17.2 Å². The topological polar surface area (TPSA) is 60.2 Å². The molecule has 0 bridgehead atoms. The van der Waals surface area contributed by atoms with Crippen molar-refractivity contribution in [3.05, 3.63) is 42.5 Å². The molecule has 0 saturated heterocycles. The van der Waals surface area contributed by atoms with Gasteiger partial charge in [-0.2, -0.15) is 0 Å². The molecular weight excluding hydrogens is 338 g/mol. The lowest BCUT2D eigenvalue weighted by molar-refractivity contribution is 0.175. The number of benzene rings is 2. The van der Waals surface area contributed by atoms with Crippen molar-refractivity contribution in [3.63, 3.8) is 0 Å². The van der Waals surface area contributed by atoms with Crippen LogP contribution in [-0.4, -0.2) is 26.2 Å². The average molecular weight is 367 g/mol. The zero-order valence-corrected chi connectivity index (χ0v) is 16.3. The Morgan fingerprint density at radius 2 is 1.67 bits per heavy atom. The molecule has 1 atom stereocenters. The van der Waals surface area contributed by atoms with Crippen LogP contribution in [-0.2, 0) is 0 Å². The standard InChI is InChI=1S/C22H29N3O2/c1-3-5-6-7-11-17(10-4-2)27-18-14-15-21(22(26)16-18)25-23-19-12-8-9-13-20(19)24-25/h8-9,12-17,26H,3-7,10-11H2,1-2H3. The summed E-state index contributed by atoms with van der Waals surface area (Å²) in [6.45, 7) is 4.40. The van der Waals surface area contributed by atoms with Crippen LogP contribution in [0.1, 0.15) is 58.8 Å². The fraction of sp³-hybridized carbons (Fsp3) is 0.455. The van der Waals surface area contributed by atoms with Gasteiger partial charge in [0, 0.05) is 6.07 Å². The lowest BCUT2D eigenvalue weighted by Crippen LogP contribution is -2.16. The lowest BCUT2D eigenvalue weighted by atomic mass is 10.1. The maximum absolute atomic E-state index is 10.5. The van der Waals surface area contributed by atoms with Gasteiger partial charge in [-0.25, -0.2) is 0 Å². The van der Waals surface area contributed by atoms with Gasteiger partial charge >= 0.3 is 0 Å². The van der Waals surface area contributed by atoms with Crippen LogP contribution in [0.15, 0.2) is 42.5 Å². The van der Waals surface area contributed by atoms with Crippen LogP contribution in [0.4, 0.5) is 0 Å². The molecule has 0 radical (unpaired) electrons. The van der Waals surface area contributed by atoms with Gasteiger partial charge in [0.1, 0.15) is 28.2 Å².